The Morgan fingerprint density at radius 2 is 2.18 bits per heavy atom. The van der Waals surface area contributed by atoms with Crippen molar-refractivity contribution in [2.75, 3.05) is 30.5 Å². The van der Waals surface area contributed by atoms with Crippen molar-refractivity contribution in [2.45, 2.75) is 13.0 Å². The molecule has 4 rings (SSSR count). The fraction of sp³-hybridized carbons (Fsp3) is 0.368. The van der Waals surface area contributed by atoms with Gasteiger partial charge in [-0.05, 0) is 42.1 Å². The largest absolute Gasteiger partial charge is 0.493 e. The third kappa shape index (κ3) is 4.23. The average Bonchev–Trinajstić information content (AvgIpc) is 3.17. The molecule has 1 aliphatic rings. The zero-order valence-electron chi connectivity index (χ0n) is 15.3. The van der Waals surface area contributed by atoms with Gasteiger partial charge in [-0.2, -0.15) is 0 Å². The monoisotopic (exact) mass is 421 g/mol. The molecule has 0 bridgehead atoms. The molecule has 0 aliphatic carbocycles. The predicted molar refractivity (Wildman–Crippen MR) is 109 cm³/mol. The fourth-order valence-corrected chi connectivity index (χ4v) is 4.54. The maximum Gasteiger partial charge on any atom is 0.224 e. The summed E-state index contributed by atoms with van der Waals surface area (Å²) in [4.78, 5) is 8.60. The lowest BCUT2D eigenvalue weighted by molar-refractivity contribution is 0.272. The highest BCUT2D eigenvalue weighted by Crippen LogP contribution is 2.35. The summed E-state index contributed by atoms with van der Waals surface area (Å²) in [5, 5.41) is 4.15. The summed E-state index contributed by atoms with van der Waals surface area (Å²) < 4.78 is 28.0. The molecule has 1 saturated heterocycles. The van der Waals surface area contributed by atoms with Gasteiger partial charge in [0.1, 0.15) is 11.6 Å². The van der Waals surface area contributed by atoms with Gasteiger partial charge in [-0.25, -0.2) is 9.97 Å². The van der Waals surface area contributed by atoms with Crippen LogP contribution < -0.4 is 14.8 Å². The number of hydrogen-bond acceptors (Lipinski definition) is 7. The second-order valence-electron chi connectivity index (χ2n) is 6.57. The quantitative estimate of drug-likeness (QED) is 0.555. The van der Waals surface area contributed by atoms with Crippen LogP contribution in [0.5, 0.6) is 11.5 Å². The second kappa shape index (κ2) is 8.36. The van der Waals surface area contributed by atoms with E-state index in [0.717, 1.165) is 29.1 Å². The van der Waals surface area contributed by atoms with Gasteiger partial charge in [0, 0.05) is 33.8 Å². The molecule has 1 aliphatic heterocycles. The molecule has 2 aromatic heterocycles. The molecule has 0 spiro atoms. The van der Waals surface area contributed by atoms with Crippen LogP contribution in [-0.2, 0) is 17.3 Å². The summed E-state index contributed by atoms with van der Waals surface area (Å²) in [6.45, 7) is 1.00. The van der Waals surface area contributed by atoms with Crippen LogP contribution in [0.4, 0.5) is 5.82 Å². The molecule has 0 unspecified atom stereocenters. The molecular weight excluding hydrogens is 402 g/mol. The van der Waals surface area contributed by atoms with E-state index in [1.807, 2.05) is 18.2 Å². The lowest BCUT2D eigenvalue weighted by Crippen LogP contribution is -2.32. The molecule has 7 nitrogen and oxygen atoms in total. The fourth-order valence-electron chi connectivity index (χ4n) is 3.08. The highest BCUT2D eigenvalue weighted by molar-refractivity contribution is 7.86. The molecule has 0 amide bonds. The first-order valence-electron chi connectivity index (χ1n) is 8.91. The van der Waals surface area contributed by atoms with Crippen molar-refractivity contribution in [1.29, 1.82) is 0 Å². The first-order valence-corrected chi connectivity index (χ1v) is 10.8. The highest BCUT2D eigenvalue weighted by Gasteiger charge is 2.25. The van der Waals surface area contributed by atoms with Gasteiger partial charge in [0.05, 0.1) is 32.0 Å². The molecule has 1 aromatic carbocycles. The van der Waals surface area contributed by atoms with Crippen molar-refractivity contribution in [2.24, 2.45) is 5.92 Å². The molecule has 0 saturated carbocycles. The third-order valence-electron chi connectivity index (χ3n) is 4.59. The Labute approximate surface area is 169 Å². The van der Waals surface area contributed by atoms with E-state index in [4.69, 9.17) is 25.5 Å². The lowest BCUT2D eigenvalue weighted by atomic mass is 10.1. The minimum atomic E-state index is -0.640. The zero-order valence-corrected chi connectivity index (χ0v) is 16.9. The highest BCUT2D eigenvalue weighted by atomic mass is 35.5. The number of rotatable bonds is 8. The van der Waals surface area contributed by atoms with Crippen molar-refractivity contribution in [3.05, 3.63) is 41.6 Å². The number of nitrogens with zero attached hydrogens (tertiary/aromatic N) is 2. The number of halogens is 1. The number of nitrogens with one attached hydrogen (secondary N) is 1. The molecule has 28 heavy (non-hydrogen) atoms. The van der Waals surface area contributed by atoms with Gasteiger partial charge >= 0.3 is 0 Å². The Morgan fingerprint density at radius 3 is 2.89 bits per heavy atom. The van der Waals surface area contributed by atoms with E-state index in [2.05, 4.69) is 15.3 Å². The lowest BCUT2D eigenvalue weighted by Gasteiger charge is -2.24. The second-order valence-corrected chi connectivity index (χ2v) is 8.46. The van der Waals surface area contributed by atoms with E-state index in [0.29, 0.717) is 41.9 Å². The van der Waals surface area contributed by atoms with Crippen molar-refractivity contribution in [1.82, 2.24) is 9.97 Å². The molecule has 1 N–H and O–H groups in total. The Bertz CT molecular complexity index is 989. The van der Waals surface area contributed by atoms with Crippen LogP contribution >= 0.6 is 11.6 Å². The summed E-state index contributed by atoms with van der Waals surface area (Å²) in [7, 11) is 0.945. The van der Waals surface area contributed by atoms with Crippen molar-refractivity contribution >= 4 is 39.1 Å². The van der Waals surface area contributed by atoms with Crippen LogP contribution in [0.25, 0.3) is 10.9 Å². The van der Waals surface area contributed by atoms with Gasteiger partial charge in [0.25, 0.3) is 0 Å². The molecule has 148 valence electrons. The summed E-state index contributed by atoms with van der Waals surface area (Å²) in [5.74, 6) is 4.58. The number of methoxy groups -OCH3 is 1. The van der Waals surface area contributed by atoms with Crippen LogP contribution in [0.15, 0.2) is 34.9 Å². The Kier molecular flexibility index (Phi) is 5.68. The summed E-state index contributed by atoms with van der Waals surface area (Å²) in [6.07, 6.45) is 2.49. The summed E-state index contributed by atoms with van der Waals surface area (Å²) in [5.41, 5.74) is 0.653. The number of anilines is 1. The normalized spacial score (nSPS) is 18.6. The van der Waals surface area contributed by atoms with E-state index in [-0.39, 0.29) is 5.28 Å². The zero-order chi connectivity index (χ0) is 19.5. The summed E-state index contributed by atoms with van der Waals surface area (Å²) >= 11 is 6.09. The number of hydrogen-bond donors (Lipinski definition) is 1. The number of benzene rings is 1. The van der Waals surface area contributed by atoms with Crippen LogP contribution in [-0.4, -0.2) is 39.4 Å². The SMILES string of the molecule is COc1cc2nc(Cl)nc(NCc3ccco3)c2cc1OCCC1CS(=O)C1. The Balaban J connectivity index is 1.56. The topological polar surface area (TPSA) is 86.5 Å². The Hall–Kier alpha value is -2.32. The van der Waals surface area contributed by atoms with E-state index in [9.17, 15) is 4.21 Å². The molecule has 0 radical (unpaired) electrons. The minimum absolute atomic E-state index is 0.142. The molecular formula is C19H20ClN3O4S. The van der Waals surface area contributed by atoms with Crippen LogP contribution in [0.3, 0.4) is 0 Å². The first kappa shape index (κ1) is 19.0. The van der Waals surface area contributed by atoms with Gasteiger partial charge in [0.15, 0.2) is 11.5 Å². The molecule has 1 fully saturated rings. The number of fused-ring (bicyclic) bond motifs is 1. The van der Waals surface area contributed by atoms with Gasteiger partial charge in [0.2, 0.25) is 5.28 Å². The third-order valence-corrected chi connectivity index (χ3v) is 6.45. The molecule has 3 heterocycles. The van der Waals surface area contributed by atoms with Gasteiger partial charge in [-0.15, -0.1) is 0 Å². The van der Waals surface area contributed by atoms with Crippen LogP contribution in [0.1, 0.15) is 12.2 Å². The molecule has 0 atom stereocenters. The average molecular weight is 422 g/mol. The first-order chi connectivity index (χ1) is 13.6. The van der Waals surface area contributed by atoms with Crippen molar-refractivity contribution in [3.63, 3.8) is 0 Å². The van der Waals surface area contributed by atoms with E-state index in [1.54, 1.807) is 19.4 Å². The molecule has 3 aromatic rings. The van der Waals surface area contributed by atoms with Gasteiger partial charge in [-0.3, -0.25) is 4.21 Å². The summed E-state index contributed by atoms with van der Waals surface area (Å²) in [6, 6.07) is 7.35. The number of ether oxygens (including phenoxy) is 2. The minimum Gasteiger partial charge on any atom is -0.493 e. The predicted octanol–water partition coefficient (Wildman–Crippen LogP) is 3.64. The van der Waals surface area contributed by atoms with E-state index >= 15 is 0 Å². The smallest absolute Gasteiger partial charge is 0.224 e. The standard InChI is InChI=1S/C19H20ClN3O4S/c1-25-16-8-15-14(7-17(16)27-6-4-12-10-28(24)11-12)18(23-19(20)22-15)21-9-13-3-2-5-26-13/h2-3,5,7-8,12H,4,6,9-11H2,1H3,(H,21,22,23). The van der Waals surface area contributed by atoms with Gasteiger partial charge in [-0.1, -0.05) is 0 Å². The van der Waals surface area contributed by atoms with Crippen LogP contribution in [0, 0.1) is 5.92 Å². The number of furan rings is 1. The van der Waals surface area contributed by atoms with Crippen molar-refractivity contribution in [3.8, 4) is 11.5 Å². The molecule has 9 heteroatoms. The van der Waals surface area contributed by atoms with Crippen LogP contribution in [0.2, 0.25) is 5.28 Å². The Morgan fingerprint density at radius 1 is 1.32 bits per heavy atom. The maximum absolute atomic E-state index is 11.2. The van der Waals surface area contributed by atoms with Crippen molar-refractivity contribution < 1.29 is 18.1 Å². The maximum atomic E-state index is 11.2. The number of aromatic nitrogens is 2. The van der Waals surface area contributed by atoms with E-state index in [1.165, 1.54) is 0 Å². The van der Waals surface area contributed by atoms with E-state index < -0.39 is 10.8 Å². The van der Waals surface area contributed by atoms with Gasteiger partial charge < -0.3 is 19.2 Å².